The van der Waals surface area contributed by atoms with Crippen LogP contribution in [0.4, 0.5) is 0 Å². The van der Waals surface area contributed by atoms with Crippen LogP contribution in [0.5, 0.6) is 0 Å². The van der Waals surface area contributed by atoms with Gasteiger partial charge in [0.25, 0.3) is 5.91 Å². The van der Waals surface area contributed by atoms with Crippen LogP contribution in [0, 0.1) is 0 Å². The number of rotatable bonds is 5. The Hall–Kier alpha value is -1.85. The van der Waals surface area contributed by atoms with Crippen LogP contribution in [-0.4, -0.2) is 35.7 Å². The highest BCUT2D eigenvalue weighted by Gasteiger charge is 2.11. The number of likely N-dealkylation sites (N-methyl/N-ethyl adjacent to an activating group) is 1. The summed E-state index contributed by atoms with van der Waals surface area (Å²) in [6.45, 7) is 2.58. The van der Waals surface area contributed by atoms with Crippen molar-refractivity contribution in [3.05, 3.63) is 42.1 Å². The Kier molecular flexibility index (Phi) is 6.21. The van der Waals surface area contributed by atoms with Crippen LogP contribution < -0.4 is 10.6 Å². The van der Waals surface area contributed by atoms with Gasteiger partial charge in [0.2, 0.25) is 0 Å². The van der Waals surface area contributed by atoms with Gasteiger partial charge in [-0.25, -0.2) is 0 Å². The first-order valence-corrected chi connectivity index (χ1v) is 6.27. The first-order chi connectivity index (χ1) is 9.20. The van der Waals surface area contributed by atoms with E-state index in [1.165, 1.54) is 0 Å². The lowest BCUT2D eigenvalue weighted by atomic mass is 10.1. The monoisotopic (exact) mass is 294 g/mol. The summed E-state index contributed by atoms with van der Waals surface area (Å²) in [5.74, 6) is -0.142. The van der Waals surface area contributed by atoms with Crippen LogP contribution in [-0.2, 0) is 0 Å². The SMILES string of the molecule is CNC(C)CNC(=O)c1cc(-c2ccccc2)n[nH]1.Cl. The second-order valence-corrected chi connectivity index (χ2v) is 4.43. The molecule has 108 valence electrons. The summed E-state index contributed by atoms with van der Waals surface area (Å²) in [4.78, 5) is 11.9. The normalized spacial score (nSPS) is 11.5. The molecule has 1 aromatic carbocycles. The zero-order valence-electron chi connectivity index (χ0n) is 11.5. The van der Waals surface area contributed by atoms with E-state index >= 15 is 0 Å². The first kappa shape index (κ1) is 16.2. The highest BCUT2D eigenvalue weighted by molar-refractivity contribution is 5.93. The molecule has 0 aliphatic rings. The van der Waals surface area contributed by atoms with Crippen molar-refractivity contribution < 1.29 is 4.79 Å². The topological polar surface area (TPSA) is 69.8 Å². The highest BCUT2D eigenvalue weighted by atomic mass is 35.5. The number of aromatic nitrogens is 2. The van der Waals surface area contributed by atoms with Gasteiger partial charge < -0.3 is 10.6 Å². The fourth-order valence-electron chi connectivity index (χ4n) is 1.64. The lowest BCUT2D eigenvalue weighted by molar-refractivity contribution is 0.0945. The third-order valence-electron chi connectivity index (χ3n) is 2.95. The molecule has 1 heterocycles. The van der Waals surface area contributed by atoms with E-state index in [0.29, 0.717) is 12.2 Å². The van der Waals surface area contributed by atoms with Gasteiger partial charge in [-0.2, -0.15) is 5.10 Å². The molecular weight excluding hydrogens is 276 g/mol. The Labute approximate surface area is 124 Å². The maximum atomic E-state index is 11.9. The number of hydrogen-bond acceptors (Lipinski definition) is 3. The number of carbonyl (C=O) groups excluding carboxylic acids is 1. The molecule has 0 bridgehead atoms. The molecule has 0 fully saturated rings. The quantitative estimate of drug-likeness (QED) is 0.788. The molecule has 1 unspecified atom stereocenters. The summed E-state index contributed by atoms with van der Waals surface area (Å²) >= 11 is 0. The summed E-state index contributed by atoms with van der Waals surface area (Å²) in [6, 6.07) is 11.7. The minimum Gasteiger partial charge on any atom is -0.349 e. The van der Waals surface area contributed by atoms with Crippen LogP contribution in [0.25, 0.3) is 11.3 Å². The van der Waals surface area contributed by atoms with Crippen molar-refractivity contribution in [1.82, 2.24) is 20.8 Å². The third kappa shape index (κ3) is 4.08. The maximum Gasteiger partial charge on any atom is 0.269 e. The van der Waals surface area contributed by atoms with Gasteiger partial charge in [-0.1, -0.05) is 30.3 Å². The first-order valence-electron chi connectivity index (χ1n) is 6.27. The van der Waals surface area contributed by atoms with Gasteiger partial charge in [0.1, 0.15) is 5.69 Å². The van der Waals surface area contributed by atoms with Gasteiger partial charge in [0.15, 0.2) is 0 Å². The van der Waals surface area contributed by atoms with Crippen LogP contribution >= 0.6 is 12.4 Å². The number of benzene rings is 1. The average molecular weight is 295 g/mol. The minimum atomic E-state index is -0.142. The Bertz CT molecular complexity index is 541. The van der Waals surface area contributed by atoms with Gasteiger partial charge in [0, 0.05) is 18.2 Å². The van der Waals surface area contributed by atoms with Gasteiger partial charge in [0.05, 0.1) is 5.69 Å². The molecule has 5 nitrogen and oxygen atoms in total. The number of halogens is 1. The molecule has 3 N–H and O–H groups in total. The molecule has 2 aromatic rings. The van der Waals surface area contributed by atoms with Crippen molar-refractivity contribution in [3.8, 4) is 11.3 Å². The van der Waals surface area contributed by atoms with Crippen LogP contribution in [0.2, 0.25) is 0 Å². The van der Waals surface area contributed by atoms with E-state index in [4.69, 9.17) is 0 Å². The number of aromatic amines is 1. The van der Waals surface area contributed by atoms with Crippen molar-refractivity contribution in [2.75, 3.05) is 13.6 Å². The smallest absolute Gasteiger partial charge is 0.269 e. The Balaban J connectivity index is 0.00000200. The standard InChI is InChI=1S/C14H18N4O.ClH/c1-10(15-2)9-16-14(19)13-8-12(17-18-13)11-6-4-3-5-7-11;/h3-8,10,15H,9H2,1-2H3,(H,16,19)(H,17,18);1H. The van der Waals surface area contributed by atoms with Gasteiger partial charge in [-0.05, 0) is 20.0 Å². The molecule has 0 spiro atoms. The number of carbonyl (C=O) groups is 1. The molecule has 2 rings (SSSR count). The Morgan fingerprint density at radius 2 is 2.05 bits per heavy atom. The summed E-state index contributed by atoms with van der Waals surface area (Å²) in [6.07, 6.45) is 0. The predicted molar refractivity (Wildman–Crippen MR) is 82.1 cm³/mol. The summed E-state index contributed by atoms with van der Waals surface area (Å²) in [7, 11) is 1.86. The average Bonchev–Trinajstić information content (AvgIpc) is 2.95. The van der Waals surface area contributed by atoms with Crippen molar-refractivity contribution >= 4 is 18.3 Å². The zero-order valence-corrected chi connectivity index (χ0v) is 12.3. The molecule has 1 aromatic heterocycles. The van der Waals surface area contributed by atoms with Crippen LogP contribution in [0.3, 0.4) is 0 Å². The third-order valence-corrected chi connectivity index (χ3v) is 2.95. The van der Waals surface area contributed by atoms with E-state index in [0.717, 1.165) is 11.3 Å². The number of H-pyrrole nitrogens is 1. The summed E-state index contributed by atoms with van der Waals surface area (Å²) < 4.78 is 0. The fourth-order valence-corrected chi connectivity index (χ4v) is 1.64. The number of hydrogen-bond donors (Lipinski definition) is 3. The Morgan fingerprint density at radius 3 is 2.70 bits per heavy atom. The molecule has 0 radical (unpaired) electrons. The molecule has 6 heteroatoms. The highest BCUT2D eigenvalue weighted by Crippen LogP contribution is 2.16. The van der Waals surface area contributed by atoms with E-state index in [1.807, 2.05) is 44.3 Å². The molecule has 0 aliphatic heterocycles. The second kappa shape index (κ2) is 7.67. The number of nitrogens with zero attached hydrogens (tertiary/aromatic N) is 1. The minimum absolute atomic E-state index is 0. The van der Waals surface area contributed by atoms with E-state index < -0.39 is 0 Å². The lowest BCUT2D eigenvalue weighted by Gasteiger charge is -2.10. The Morgan fingerprint density at radius 1 is 1.35 bits per heavy atom. The molecule has 1 amide bonds. The zero-order chi connectivity index (χ0) is 13.7. The second-order valence-electron chi connectivity index (χ2n) is 4.43. The van der Waals surface area contributed by atoms with E-state index in [1.54, 1.807) is 6.07 Å². The number of amides is 1. The molecule has 0 saturated carbocycles. The van der Waals surface area contributed by atoms with Crippen molar-refractivity contribution in [1.29, 1.82) is 0 Å². The maximum absolute atomic E-state index is 11.9. The van der Waals surface area contributed by atoms with Crippen molar-refractivity contribution in [2.45, 2.75) is 13.0 Å². The molecular formula is C14H19ClN4O. The molecule has 20 heavy (non-hydrogen) atoms. The van der Waals surface area contributed by atoms with Crippen LogP contribution in [0.15, 0.2) is 36.4 Å². The van der Waals surface area contributed by atoms with E-state index in [9.17, 15) is 4.79 Å². The van der Waals surface area contributed by atoms with Crippen molar-refractivity contribution in [2.24, 2.45) is 0 Å². The fraction of sp³-hybridized carbons (Fsp3) is 0.286. The van der Waals surface area contributed by atoms with Gasteiger partial charge in [-0.3, -0.25) is 9.89 Å². The number of nitrogens with one attached hydrogen (secondary N) is 3. The molecule has 0 saturated heterocycles. The summed E-state index contributed by atoms with van der Waals surface area (Å²) in [5, 5.41) is 12.8. The van der Waals surface area contributed by atoms with Crippen LogP contribution in [0.1, 0.15) is 17.4 Å². The van der Waals surface area contributed by atoms with E-state index in [2.05, 4.69) is 20.8 Å². The van der Waals surface area contributed by atoms with Gasteiger partial charge >= 0.3 is 0 Å². The largest absolute Gasteiger partial charge is 0.349 e. The molecule has 1 atom stereocenters. The lowest BCUT2D eigenvalue weighted by Crippen LogP contribution is -2.37. The predicted octanol–water partition coefficient (Wildman–Crippen LogP) is 1.84. The summed E-state index contributed by atoms with van der Waals surface area (Å²) in [5.41, 5.74) is 2.23. The van der Waals surface area contributed by atoms with Gasteiger partial charge in [-0.15, -0.1) is 12.4 Å². The van der Waals surface area contributed by atoms with E-state index in [-0.39, 0.29) is 24.4 Å². The molecule has 0 aliphatic carbocycles. The van der Waals surface area contributed by atoms with Crippen molar-refractivity contribution in [3.63, 3.8) is 0 Å².